The van der Waals surface area contributed by atoms with E-state index >= 15 is 0 Å². The Kier molecular flexibility index (Phi) is 3.92. The molecular formula is C16H23N5O. The quantitative estimate of drug-likeness (QED) is 0.891. The number of nitrogens with one attached hydrogen (secondary N) is 1. The lowest BCUT2D eigenvalue weighted by molar-refractivity contribution is -0.123. The van der Waals surface area contributed by atoms with Gasteiger partial charge in [0.05, 0.1) is 18.8 Å². The highest BCUT2D eigenvalue weighted by molar-refractivity contribution is 5.79. The number of aromatic nitrogens is 2. The third-order valence-corrected chi connectivity index (χ3v) is 4.85. The van der Waals surface area contributed by atoms with E-state index in [-0.39, 0.29) is 11.9 Å². The molecule has 1 aliphatic heterocycles. The number of amides is 1. The smallest absolute Gasteiger partial charge is 0.235 e. The molecular weight excluding hydrogens is 278 g/mol. The van der Waals surface area contributed by atoms with Gasteiger partial charge in [0.1, 0.15) is 5.54 Å². The van der Waals surface area contributed by atoms with Crippen LogP contribution < -0.4 is 5.32 Å². The number of rotatable bonds is 5. The molecule has 0 aromatic carbocycles. The van der Waals surface area contributed by atoms with E-state index in [4.69, 9.17) is 0 Å². The lowest BCUT2D eigenvalue weighted by Gasteiger charge is -2.27. The molecule has 1 aliphatic carbocycles. The first-order valence-electron chi connectivity index (χ1n) is 7.96. The molecule has 1 amide bonds. The van der Waals surface area contributed by atoms with Crippen LogP contribution in [-0.4, -0.2) is 39.2 Å². The minimum Gasteiger partial charge on any atom is -0.337 e. The summed E-state index contributed by atoms with van der Waals surface area (Å²) in [6.07, 6.45) is 8.11. The molecule has 2 fully saturated rings. The zero-order chi connectivity index (χ0) is 15.7. The maximum Gasteiger partial charge on any atom is 0.235 e. The summed E-state index contributed by atoms with van der Waals surface area (Å²) >= 11 is 0. The predicted molar refractivity (Wildman–Crippen MR) is 81.6 cm³/mol. The van der Waals surface area contributed by atoms with Crippen LogP contribution in [0.25, 0.3) is 0 Å². The summed E-state index contributed by atoms with van der Waals surface area (Å²) in [4.78, 5) is 14.6. The van der Waals surface area contributed by atoms with Gasteiger partial charge in [-0.25, -0.2) is 0 Å². The Hall–Kier alpha value is -1.87. The van der Waals surface area contributed by atoms with E-state index in [1.54, 1.807) is 4.68 Å². The van der Waals surface area contributed by atoms with Crippen molar-refractivity contribution >= 4 is 5.91 Å². The molecule has 2 aliphatic rings. The zero-order valence-corrected chi connectivity index (χ0v) is 13.2. The minimum absolute atomic E-state index is 0.0493. The van der Waals surface area contributed by atoms with Crippen LogP contribution in [0.5, 0.6) is 0 Å². The second-order valence-electron chi connectivity index (χ2n) is 6.71. The van der Waals surface area contributed by atoms with Crippen LogP contribution in [0.2, 0.25) is 0 Å². The second kappa shape index (κ2) is 5.73. The number of carbonyl (C=O) groups excluding carboxylic acids is 1. The maximum absolute atomic E-state index is 12.4. The van der Waals surface area contributed by atoms with Crippen molar-refractivity contribution in [3.05, 3.63) is 18.0 Å². The van der Waals surface area contributed by atoms with Crippen molar-refractivity contribution in [1.82, 2.24) is 20.0 Å². The van der Waals surface area contributed by atoms with Crippen LogP contribution in [0.4, 0.5) is 0 Å². The first-order chi connectivity index (χ1) is 10.5. The Morgan fingerprint density at radius 2 is 2.32 bits per heavy atom. The highest BCUT2D eigenvalue weighted by atomic mass is 16.2. The third-order valence-electron chi connectivity index (χ3n) is 4.85. The van der Waals surface area contributed by atoms with Gasteiger partial charge in [-0.15, -0.1) is 0 Å². The molecule has 1 aromatic heterocycles. The molecule has 6 nitrogen and oxygen atoms in total. The molecule has 1 N–H and O–H groups in total. The molecule has 0 unspecified atom stereocenters. The molecule has 2 heterocycles. The number of nitrogens with zero attached hydrogens (tertiary/aromatic N) is 4. The van der Waals surface area contributed by atoms with Crippen molar-refractivity contribution < 1.29 is 4.79 Å². The maximum atomic E-state index is 12.4. The fourth-order valence-corrected chi connectivity index (χ4v) is 3.40. The summed E-state index contributed by atoms with van der Waals surface area (Å²) < 4.78 is 1.80. The Balaban J connectivity index is 1.62. The number of likely N-dealkylation sites (tertiary alicyclic amines) is 1. The molecule has 118 valence electrons. The molecule has 0 radical (unpaired) electrons. The summed E-state index contributed by atoms with van der Waals surface area (Å²) in [5.41, 5.74) is 0.457. The summed E-state index contributed by atoms with van der Waals surface area (Å²) in [5, 5.41) is 16.5. The summed E-state index contributed by atoms with van der Waals surface area (Å²) in [7, 11) is 1.91. The van der Waals surface area contributed by atoms with E-state index in [1.807, 2.05) is 26.4 Å². The van der Waals surface area contributed by atoms with Crippen molar-refractivity contribution in [3.8, 4) is 6.07 Å². The number of hydrogen-bond donors (Lipinski definition) is 1. The van der Waals surface area contributed by atoms with Crippen molar-refractivity contribution in [2.75, 3.05) is 13.1 Å². The standard InChI is InChI=1S/C16H23N5O/c1-16(11-17,13-5-6-13)19-15(22)10-21-7-3-4-14(21)12-8-18-20(2)9-12/h8-9,13-14H,3-7,10H2,1-2H3,(H,19,22)/t14-,16+/m1/s1. The normalized spacial score (nSPS) is 24.7. The fraction of sp³-hybridized carbons (Fsp3) is 0.688. The summed E-state index contributed by atoms with van der Waals surface area (Å²) in [5.74, 6) is 0.265. The highest BCUT2D eigenvalue weighted by Crippen LogP contribution is 2.39. The molecule has 3 rings (SSSR count). The van der Waals surface area contributed by atoms with Gasteiger partial charge in [0.25, 0.3) is 0 Å². The lowest BCUT2D eigenvalue weighted by atomic mass is 9.98. The second-order valence-corrected chi connectivity index (χ2v) is 6.71. The number of nitriles is 1. The largest absolute Gasteiger partial charge is 0.337 e. The lowest BCUT2D eigenvalue weighted by Crippen LogP contribution is -2.50. The molecule has 2 atom stereocenters. The molecule has 1 aromatic rings. The van der Waals surface area contributed by atoms with Crippen LogP contribution in [0.3, 0.4) is 0 Å². The Morgan fingerprint density at radius 3 is 2.91 bits per heavy atom. The Labute approximate surface area is 131 Å². The molecule has 0 bridgehead atoms. The Morgan fingerprint density at radius 1 is 1.55 bits per heavy atom. The van der Waals surface area contributed by atoms with Gasteiger partial charge < -0.3 is 5.32 Å². The van der Waals surface area contributed by atoms with Gasteiger partial charge in [-0.3, -0.25) is 14.4 Å². The van der Waals surface area contributed by atoms with E-state index in [0.717, 1.165) is 37.8 Å². The summed E-state index contributed by atoms with van der Waals surface area (Å²) in [6.45, 7) is 3.11. The van der Waals surface area contributed by atoms with E-state index < -0.39 is 5.54 Å². The number of hydrogen-bond acceptors (Lipinski definition) is 4. The molecule has 1 saturated heterocycles. The molecule has 1 saturated carbocycles. The highest BCUT2D eigenvalue weighted by Gasteiger charge is 2.43. The van der Waals surface area contributed by atoms with Crippen molar-refractivity contribution in [1.29, 1.82) is 5.26 Å². The van der Waals surface area contributed by atoms with Gasteiger partial charge >= 0.3 is 0 Å². The fourth-order valence-electron chi connectivity index (χ4n) is 3.40. The Bertz CT molecular complexity index is 600. The van der Waals surface area contributed by atoms with Crippen molar-refractivity contribution in [2.24, 2.45) is 13.0 Å². The monoisotopic (exact) mass is 301 g/mol. The first-order valence-corrected chi connectivity index (χ1v) is 7.96. The first kappa shape index (κ1) is 15.0. The van der Waals surface area contributed by atoms with E-state index in [9.17, 15) is 10.1 Å². The number of aryl methyl sites for hydroxylation is 1. The van der Waals surface area contributed by atoms with Gasteiger partial charge in [-0.2, -0.15) is 10.4 Å². The van der Waals surface area contributed by atoms with Crippen LogP contribution in [0.1, 0.15) is 44.2 Å². The van der Waals surface area contributed by atoms with E-state index in [2.05, 4.69) is 21.4 Å². The average molecular weight is 301 g/mol. The van der Waals surface area contributed by atoms with Crippen LogP contribution in [0, 0.1) is 17.2 Å². The van der Waals surface area contributed by atoms with Crippen molar-refractivity contribution in [2.45, 2.75) is 44.2 Å². The molecule has 6 heteroatoms. The minimum atomic E-state index is -0.708. The third kappa shape index (κ3) is 3.00. The van der Waals surface area contributed by atoms with Crippen molar-refractivity contribution in [3.63, 3.8) is 0 Å². The predicted octanol–water partition coefficient (Wildman–Crippen LogP) is 1.37. The van der Waals surface area contributed by atoms with Gasteiger partial charge in [0.2, 0.25) is 5.91 Å². The van der Waals surface area contributed by atoms with Crippen LogP contribution in [-0.2, 0) is 11.8 Å². The SMILES string of the molecule is Cn1cc([C@H]2CCCN2CC(=O)N[C@@](C)(C#N)C2CC2)cn1. The molecule has 0 spiro atoms. The number of carbonyl (C=O) groups is 1. The van der Waals surface area contributed by atoms with E-state index in [0.29, 0.717) is 12.5 Å². The van der Waals surface area contributed by atoms with E-state index in [1.165, 1.54) is 0 Å². The topological polar surface area (TPSA) is 74.0 Å². The summed E-state index contributed by atoms with van der Waals surface area (Å²) in [6, 6.07) is 2.54. The van der Waals surface area contributed by atoms with Crippen LogP contribution >= 0.6 is 0 Å². The van der Waals surface area contributed by atoms with Gasteiger partial charge in [0.15, 0.2) is 0 Å². The molecule has 22 heavy (non-hydrogen) atoms. The van der Waals surface area contributed by atoms with Crippen LogP contribution in [0.15, 0.2) is 12.4 Å². The van der Waals surface area contributed by atoms with Gasteiger partial charge in [-0.1, -0.05) is 0 Å². The average Bonchev–Trinajstić information content (AvgIpc) is 3.12. The van der Waals surface area contributed by atoms with Gasteiger partial charge in [-0.05, 0) is 45.1 Å². The van der Waals surface area contributed by atoms with Gasteiger partial charge in [0, 0.05) is 24.8 Å². The zero-order valence-electron chi connectivity index (χ0n) is 13.2.